The number of aromatic hydroxyl groups is 1. The van der Waals surface area contributed by atoms with E-state index < -0.39 is 0 Å². The van der Waals surface area contributed by atoms with E-state index in [1.54, 1.807) is 12.1 Å². The molecule has 1 atom stereocenters. The van der Waals surface area contributed by atoms with E-state index in [-0.39, 0.29) is 11.7 Å². The Balaban J connectivity index is 2.10. The van der Waals surface area contributed by atoms with Crippen molar-refractivity contribution in [2.24, 2.45) is 11.7 Å². The number of phenolic OH excluding ortho intramolecular Hbond substituents is 1. The van der Waals surface area contributed by atoms with Crippen LogP contribution < -0.4 is 5.73 Å². The van der Waals surface area contributed by atoms with Gasteiger partial charge in [-0.1, -0.05) is 6.07 Å². The van der Waals surface area contributed by atoms with Gasteiger partial charge in [0.1, 0.15) is 5.75 Å². The number of nitrogens with zero attached hydrogens (tertiary/aromatic N) is 1. The number of phenols is 1. The second kappa shape index (κ2) is 6.06. The lowest BCUT2D eigenvalue weighted by atomic mass is 9.94. The number of aryl methyl sites for hydroxylation is 1. The molecule has 0 radical (unpaired) electrons. The van der Waals surface area contributed by atoms with Crippen molar-refractivity contribution in [1.82, 2.24) is 4.90 Å². The average molecular weight is 262 g/mol. The van der Waals surface area contributed by atoms with Gasteiger partial charge in [0.05, 0.1) is 5.56 Å². The van der Waals surface area contributed by atoms with Crippen molar-refractivity contribution in [1.29, 1.82) is 0 Å². The first kappa shape index (κ1) is 13.9. The molecule has 1 aliphatic rings. The van der Waals surface area contributed by atoms with Crippen molar-refractivity contribution in [2.75, 3.05) is 19.6 Å². The molecule has 104 valence electrons. The zero-order valence-electron chi connectivity index (χ0n) is 11.4. The van der Waals surface area contributed by atoms with Gasteiger partial charge in [-0.25, -0.2) is 0 Å². The van der Waals surface area contributed by atoms with Crippen molar-refractivity contribution >= 4 is 5.91 Å². The molecule has 1 unspecified atom stereocenters. The number of piperidine rings is 1. The van der Waals surface area contributed by atoms with Gasteiger partial charge >= 0.3 is 0 Å². The molecule has 0 aromatic heterocycles. The molecular weight excluding hydrogens is 240 g/mol. The third-order valence-electron chi connectivity index (χ3n) is 3.76. The number of hydrogen-bond acceptors (Lipinski definition) is 3. The average Bonchev–Trinajstić information content (AvgIpc) is 2.39. The first-order valence-corrected chi connectivity index (χ1v) is 6.90. The molecule has 1 aliphatic heterocycles. The molecule has 2 rings (SSSR count). The minimum atomic E-state index is -0.0702. The molecule has 19 heavy (non-hydrogen) atoms. The molecule has 0 aliphatic carbocycles. The van der Waals surface area contributed by atoms with Gasteiger partial charge in [-0.2, -0.15) is 0 Å². The van der Waals surface area contributed by atoms with Crippen LogP contribution in [0, 0.1) is 12.8 Å². The molecule has 1 fully saturated rings. The maximum atomic E-state index is 12.4. The SMILES string of the molecule is Cc1ccc(C(=O)N2CCCC(CCN)C2)c(O)c1. The number of carbonyl (C=O) groups is 1. The van der Waals surface area contributed by atoms with Crippen LogP contribution in [0.2, 0.25) is 0 Å². The summed E-state index contributed by atoms with van der Waals surface area (Å²) in [5.74, 6) is 0.500. The lowest BCUT2D eigenvalue weighted by Crippen LogP contribution is -2.40. The molecule has 0 bridgehead atoms. The van der Waals surface area contributed by atoms with Gasteiger partial charge < -0.3 is 15.7 Å². The van der Waals surface area contributed by atoms with E-state index in [1.807, 2.05) is 17.9 Å². The summed E-state index contributed by atoms with van der Waals surface area (Å²) in [6.45, 7) is 4.09. The molecule has 1 amide bonds. The Hall–Kier alpha value is -1.55. The Bertz CT molecular complexity index is 457. The lowest BCUT2D eigenvalue weighted by Gasteiger charge is -2.32. The van der Waals surface area contributed by atoms with E-state index in [9.17, 15) is 9.90 Å². The Kier molecular flexibility index (Phi) is 4.43. The third-order valence-corrected chi connectivity index (χ3v) is 3.76. The van der Waals surface area contributed by atoms with Gasteiger partial charge in [-0.15, -0.1) is 0 Å². The smallest absolute Gasteiger partial charge is 0.257 e. The summed E-state index contributed by atoms with van der Waals surface area (Å²) < 4.78 is 0. The van der Waals surface area contributed by atoms with Crippen molar-refractivity contribution in [2.45, 2.75) is 26.2 Å². The predicted molar refractivity (Wildman–Crippen MR) is 75.1 cm³/mol. The Morgan fingerprint density at radius 3 is 3.00 bits per heavy atom. The van der Waals surface area contributed by atoms with Gasteiger partial charge in [-0.05, 0) is 56.3 Å². The first-order chi connectivity index (χ1) is 9.11. The zero-order chi connectivity index (χ0) is 13.8. The summed E-state index contributed by atoms with van der Waals surface area (Å²) >= 11 is 0. The second-order valence-electron chi connectivity index (χ2n) is 5.36. The summed E-state index contributed by atoms with van der Waals surface area (Å²) in [4.78, 5) is 14.3. The maximum Gasteiger partial charge on any atom is 0.257 e. The molecule has 1 saturated heterocycles. The number of carbonyl (C=O) groups excluding carboxylic acids is 1. The molecular formula is C15H22N2O2. The Labute approximate surface area is 114 Å². The van der Waals surface area contributed by atoms with Crippen LogP contribution in [0.1, 0.15) is 35.2 Å². The highest BCUT2D eigenvalue weighted by atomic mass is 16.3. The number of benzene rings is 1. The highest BCUT2D eigenvalue weighted by molar-refractivity contribution is 5.97. The lowest BCUT2D eigenvalue weighted by molar-refractivity contribution is 0.0666. The molecule has 0 spiro atoms. The fourth-order valence-electron chi connectivity index (χ4n) is 2.71. The molecule has 4 heteroatoms. The van der Waals surface area contributed by atoms with E-state index in [4.69, 9.17) is 5.73 Å². The van der Waals surface area contributed by atoms with Gasteiger partial charge in [0.25, 0.3) is 5.91 Å². The highest BCUT2D eigenvalue weighted by Gasteiger charge is 2.25. The van der Waals surface area contributed by atoms with Crippen LogP contribution in [0.3, 0.4) is 0 Å². The van der Waals surface area contributed by atoms with E-state index in [0.29, 0.717) is 18.0 Å². The van der Waals surface area contributed by atoms with Crippen LogP contribution in [-0.4, -0.2) is 35.5 Å². The summed E-state index contributed by atoms with van der Waals surface area (Å²) in [6.07, 6.45) is 3.12. The van der Waals surface area contributed by atoms with Crippen molar-refractivity contribution < 1.29 is 9.90 Å². The summed E-state index contributed by atoms with van der Waals surface area (Å²) in [5.41, 5.74) is 6.94. The van der Waals surface area contributed by atoms with Gasteiger partial charge in [0, 0.05) is 13.1 Å². The Morgan fingerprint density at radius 1 is 1.53 bits per heavy atom. The van der Waals surface area contributed by atoms with E-state index in [0.717, 1.165) is 37.9 Å². The fraction of sp³-hybridized carbons (Fsp3) is 0.533. The van der Waals surface area contributed by atoms with Gasteiger partial charge in [0.2, 0.25) is 0 Å². The number of hydrogen-bond donors (Lipinski definition) is 2. The van der Waals surface area contributed by atoms with Crippen LogP contribution in [0.15, 0.2) is 18.2 Å². The zero-order valence-corrected chi connectivity index (χ0v) is 11.4. The normalized spacial score (nSPS) is 19.5. The minimum Gasteiger partial charge on any atom is -0.507 e. The topological polar surface area (TPSA) is 66.6 Å². The number of rotatable bonds is 3. The standard InChI is InChI=1S/C15H22N2O2/c1-11-4-5-13(14(18)9-11)15(19)17-8-2-3-12(10-17)6-7-16/h4-5,9,12,18H,2-3,6-8,10,16H2,1H3. The molecule has 0 saturated carbocycles. The molecule has 3 N–H and O–H groups in total. The minimum absolute atomic E-state index is 0.0702. The third kappa shape index (κ3) is 3.26. The second-order valence-corrected chi connectivity index (χ2v) is 5.36. The number of amides is 1. The van der Waals surface area contributed by atoms with Crippen LogP contribution in [0.25, 0.3) is 0 Å². The van der Waals surface area contributed by atoms with Gasteiger partial charge in [-0.3, -0.25) is 4.79 Å². The van der Waals surface area contributed by atoms with E-state index in [2.05, 4.69) is 0 Å². The summed E-state index contributed by atoms with van der Waals surface area (Å²) in [6, 6.07) is 5.20. The summed E-state index contributed by atoms with van der Waals surface area (Å²) in [5, 5.41) is 9.89. The molecule has 1 aromatic carbocycles. The molecule has 1 aromatic rings. The monoisotopic (exact) mass is 262 g/mol. The number of likely N-dealkylation sites (tertiary alicyclic amines) is 1. The molecule has 4 nitrogen and oxygen atoms in total. The van der Waals surface area contributed by atoms with Crippen LogP contribution >= 0.6 is 0 Å². The predicted octanol–water partition coefficient (Wildman–Crippen LogP) is 1.90. The first-order valence-electron chi connectivity index (χ1n) is 6.90. The Morgan fingerprint density at radius 2 is 2.32 bits per heavy atom. The largest absolute Gasteiger partial charge is 0.507 e. The van der Waals surface area contributed by atoms with Crippen molar-refractivity contribution in [3.8, 4) is 5.75 Å². The van der Waals surface area contributed by atoms with Crippen LogP contribution in [0.4, 0.5) is 0 Å². The fourth-order valence-corrected chi connectivity index (χ4v) is 2.71. The van der Waals surface area contributed by atoms with Crippen LogP contribution in [-0.2, 0) is 0 Å². The molecule has 1 heterocycles. The van der Waals surface area contributed by atoms with E-state index >= 15 is 0 Å². The quantitative estimate of drug-likeness (QED) is 0.874. The summed E-state index contributed by atoms with van der Waals surface area (Å²) in [7, 11) is 0. The van der Waals surface area contributed by atoms with E-state index in [1.165, 1.54) is 0 Å². The van der Waals surface area contributed by atoms with Crippen molar-refractivity contribution in [3.05, 3.63) is 29.3 Å². The maximum absolute atomic E-state index is 12.4. The highest BCUT2D eigenvalue weighted by Crippen LogP contribution is 2.24. The van der Waals surface area contributed by atoms with Crippen LogP contribution in [0.5, 0.6) is 5.75 Å². The number of nitrogens with two attached hydrogens (primary N) is 1. The van der Waals surface area contributed by atoms with Gasteiger partial charge in [0.15, 0.2) is 0 Å². The van der Waals surface area contributed by atoms with Crippen molar-refractivity contribution in [3.63, 3.8) is 0 Å².